The zero-order chi connectivity index (χ0) is 16.3. The molecule has 2 heterocycles. The first-order valence-electron chi connectivity index (χ1n) is 6.92. The summed E-state index contributed by atoms with van der Waals surface area (Å²) in [6.45, 7) is 5.13. The molecule has 2 aromatic heterocycles. The van der Waals surface area contributed by atoms with Gasteiger partial charge in [-0.15, -0.1) is 5.10 Å². The van der Waals surface area contributed by atoms with Gasteiger partial charge in [0, 0.05) is 31.5 Å². The molecule has 0 saturated heterocycles. The van der Waals surface area contributed by atoms with Crippen LogP contribution in [0.1, 0.15) is 20.8 Å². The molecule has 0 saturated carbocycles. The summed E-state index contributed by atoms with van der Waals surface area (Å²) >= 11 is 0. The number of pyridine rings is 1. The number of halogens is 1. The molecule has 0 fully saturated rings. The summed E-state index contributed by atoms with van der Waals surface area (Å²) < 4.78 is 19.1. The van der Waals surface area contributed by atoms with Crippen LogP contribution >= 0.6 is 0 Å². The molecule has 0 spiro atoms. The number of amides is 1. The van der Waals surface area contributed by atoms with Crippen molar-refractivity contribution in [2.75, 3.05) is 30.5 Å². The number of ether oxygens (including phenoxy) is 1. The highest BCUT2D eigenvalue weighted by molar-refractivity contribution is 5.85. The lowest BCUT2D eigenvalue weighted by Gasteiger charge is -2.19. The van der Waals surface area contributed by atoms with Crippen molar-refractivity contribution in [3.63, 3.8) is 0 Å². The Morgan fingerprint density at radius 1 is 1.50 bits per heavy atom. The van der Waals surface area contributed by atoms with E-state index >= 15 is 0 Å². The molecular formula is C14H20FN5O2. The molecule has 0 atom stereocenters. The van der Waals surface area contributed by atoms with Crippen LogP contribution in [0, 0.1) is 0 Å². The highest BCUT2D eigenvalue weighted by Crippen LogP contribution is 2.15. The molecule has 0 aromatic carbocycles. The van der Waals surface area contributed by atoms with Gasteiger partial charge in [-0.25, -0.2) is 13.7 Å². The predicted octanol–water partition coefficient (Wildman–Crippen LogP) is 2.48. The smallest absolute Gasteiger partial charge is 0.412 e. The number of hydrogen-bond donors (Lipinski definition) is 1. The van der Waals surface area contributed by atoms with Gasteiger partial charge in [0.25, 0.3) is 0 Å². The second-order valence-electron chi connectivity index (χ2n) is 5.87. The molecule has 2 rings (SSSR count). The van der Waals surface area contributed by atoms with Crippen molar-refractivity contribution >= 4 is 23.4 Å². The first kappa shape index (κ1) is 16.0. The molecule has 0 unspecified atom stereocenters. The molecular weight excluding hydrogens is 289 g/mol. The summed E-state index contributed by atoms with van der Waals surface area (Å²) in [5.74, 6) is 0.423. The lowest BCUT2D eigenvalue weighted by Crippen LogP contribution is -2.27. The average molecular weight is 309 g/mol. The third-order valence-electron chi connectivity index (χ3n) is 2.73. The first-order valence-corrected chi connectivity index (χ1v) is 6.92. The van der Waals surface area contributed by atoms with E-state index in [9.17, 15) is 9.18 Å². The quantitative estimate of drug-likeness (QED) is 0.939. The largest absolute Gasteiger partial charge is 0.444 e. The molecule has 2 aromatic rings. The van der Waals surface area contributed by atoms with Crippen molar-refractivity contribution in [1.29, 1.82) is 0 Å². The van der Waals surface area contributed by atoms with E-state index in [4.69, 9.17) is 4.74 Å². The summed E-state index contributed by atoms with van der Waals surface area (Å²) in [6, 6.07) is 3.36. The minimum atomic E-state index is -0.564. The fourth-order valence-electron chi connectivity index (χ4n) is 1.76. The van der Waals surface area contributed by atoms with Crippen molar-refractivity contribution in [2.24, 2.45) is 0 Å². The van der Waals surface area contributed by atoms with Gasteiger partial charge in [-0.05, 0) is 26.8 Å². The number of alkyl halides is 1. The van der Waals surface area contributed by atoms with E-state index in [0.717, 1.165) is 0 Å². The number of anilines is 2. The average Bonchev–Trinajstić information content (AvgIpc) is 2.79. The van der Waals surface area contributed by atoms with Crippen LogP contribution in [0.2, 0.25) is 0 Å². The fourth-order valence-corrected chi connectivity index (χ4v) is 1.76. The lowest BCUT2D eigenvalue weighted by atomic mass is 10.2. The van der Waals surface area contributed by atoms with E-state index < -0.39 is 18.4 Å². The second-order valence-corrected chi connectivity index (χ2v) is 5.87. The van der Waals surface area contributed by atoms with E-state index in [0.29, 0.717) is 17.3 Å². The third-order valence-corrected chi connectivity index (χ3v) is 2.73. The van der Waals surface area contributed by atoms with Crippen molar-refractivity contribution < 1.29 is 13.9 Å². The summed E-state index contributed by atoms with van der Waals surface area (Å²) in [5.41, 5.74) is 0.536. The van der Waals surface area contributed by atoms with Crippen molar-refractivity contribution in [3.05, 3.63) is 18.3 Å². The van der Waals surface area contributed by atoms with E-state index in [1.54, 1.807) is 55.6 Å². The number of fused-ring (bicyclic) bond motifs is 1. The summed E-state index contributed by atoms with van der Waals surface area (Å²) in [7, 11) is 1.72. The number of carbonyl (C=O) groups is 1. The molecule has 1 amide bonds. The number of nitrogens with zero attached hydrogens (tertiary/aromatic N) is 4. The van der Waals surface area contributed by atoms with Gasteiger partial charge in [-0.2, -0.15) is 4.98 Å². The van der Waals surface area contributed by atoms with Crippen LogP contribution in [-0.4, -0.2) is 46.6 Å². The number of rotatable bonds is 4. The lowest BCUT2D eigenvalue weighted by molar-refractivity contribution is 0.0636. The maximum Gasteiger partial charge on any atom is 0.412 e. The van der Waals surface area contributed by atoms with Crippen LogP contribution in [0.15, 0.2) is 18.3 Å². The third kappa shape index (κ3) is 4.06. The summed E-state index contributed by atoms with van der Waals surface area (Å²) in [4.78, 5) is 17.6. The monoisotopic (exact) mass is 309 g/mol. The van der Waals surface area contributed by atoms with E-state index in [1.807, 2.05) is 0 Å². The van der Waals surface area contributed by atoms with Gasteiger partial charge in [0.2, 0.25) is 5.95 Å². The molecule has 8 heteroatoms. The molecule has 0 bridgehead atoms. The van der Waals surface area contributed by atoms with Gasteiger partial charge in [-0.3, -0.25) is 5.32 Å². The Morgan fingerprint density at radius 2 is 2.23 bits per heavy atom. The first-order chi connectivity index (χ1) is 10.3. The molecule has 0 aliphatic rings. The van der Waals surface area contributed by atoms with Crippen LogP contribution in [0.3, 0.4) is 0 Å². The topological polar surface area (TPSA) is 71.8 Å². The van der Waals surface area contributed by atoms with Gasteiger partial charge in [-0.1, -0.05) is 0 Å². The maximum absolute atomic E-state index is 12.4. The highest BCUT2D eigenvalue weighted by atomic mass is 19.1. The van der Waals surface area contributed by atoms with E-state index in [-0.39, 0.29) is 6.54 Å². The molecule has 0 aliphatic carbocycles. The fraction of sp³-hybridized carbons (Fsp3) is 0.500. The van der Waals surface area contributed by atoms with E-state index in [2.05, 4.69) is 15.4 Å². The maximum atomic E-state index is 12.4. The van der Waals surface area contributed by atoms with Gasteiger partial charge in [0.15, 0.2) is 5.65 Å². The zero-order valence-corrected chi connectivity index (χ0v) is 13.1. The van der Waals surface area contributed by atoms with Gasteiger partial charge in [0.05, 0.1) is 0 Å². The number of nitrogens with one attached hydrogen (secondary N) is 1. The van der Waals surface area contributed by atoms with Crippen molar-refractivity contribution in [3.8, 4) is 0 Å². The number of carbonyl (C=O) groups excluding carboxylic acids is 1. The summed E-state index contributed by atoms with van der Waals surface area (Å²) in [5, 5.41) is 6.87. The van der Waals surface area contributed by atoms with Crippen LogP contribution in [-0.2, 0) is 4.74 Å². The molecule has 1 N–H and O–H groups in total. The highest BCUT2D eigenvalue weighted by Gasteiger charge is 2.16. The van der Waals surface area contributed by atoms with Gasteiger partial charge < -0.3 is 9.64 Å². The molecule has 0 aliphatic heterocycles. The zero-order valence-electron chi connectivity index (χ0n) is 13.1. The standard InChI is InChI=1S/C14H20FN5O2/c1-14(2,3)22-13(21)16-10-5-7-20-11(9-10)17-12(18-20)19(4)8-6-15/h5,7,9H,6,8H2,1-4H3,(H,16,21). The van der Waals surface area contributed by atoms with Crippen LogP contribution in [0.25, 0.3) is 5.65 Å². The predicted molar refractivity (Wildman–Crippen MR) is 82.1 cm³/mol. The number of hydrogen-bond acceptors (Lipinski definition) is 5. The Balaban J connectivity index is 2.15. The molecule has 7 nitrogen and oxygen atoms in total. The Hall–Kier alpha value is -2.38. The summed E-state index contributed by atoms with van der Waals surface area (Å²) in [6.07, 6.45) is 1.13. The molecule has 0 radical (unpaired) electrons. The Morgan fingerprint density at radius 3 is 2.86 bits per heavy atom. The molecule has 22 heavy (non-hydrogen) atoms. The van der Waals surface area contributed by atoms with E-state index in [1.165, 1.54) is 0 Å². The van der Waals surface area contributed by atoms with Crippen LogP contribution < -0.4 is 10.2 Å². The normalized spacial score (nSPS) is 11.5. The minimum Gasteiger partial charge on any atom is -0.444 e. The number of aromatic nitrogens is 3. The SMILES string of the molecule is CN(CCF)c1nc2cc(NC(=O)OC(C)(C)C)ccn2n1. The van der Waals surface area contributed by atoms with Crippen LogP contribution in [0.4, 0.5) is 20.8 Å². The Labute approximate surface area is 128 Å². The minimum absolute atomic E-state index is 0.222. The van der Waals surface area contributed by atoms with Gasteiger partial charge in [0.1, 0.15) is 12.3 Å². The van der Waals surface area contributed by atoms with Crippen molar-refractivity contribution in [1.82, 2.24) is 14.6 Å². The molecule has 120 valence electrons. The van der Waals surface area contributed by atoms with Crippen molar-refractivity contribution in [2.45, 2.75) is 26.4 Å². The Kier molecular flexibility index (Phi) is 4.48. The van der Waals surface area contributed by atoms with Crippen LogP contribution in [0.5, 0.6) is 0 Å². The second kappa shape index (κ2) is 6.17. The van der Waals surface area contributed by atoms with Gasteiger partial charge >= 0.3 is 6.09 Å². The Bertz CT molecular complexity index is 665.